The molecule has 1 aromatic heterocycles. The van der Waals surface area contributed by atoms with E-state index >= 15 is 0 Å². The normalized spacial score (nSPS) is 10.9. The molecule has 3 nitrogen and oxygen atoms in total. The summed E-state index contributed by atoms with van der Waals surface area (Å²) in [4.78, 5) is 15.9. The molecule has 1 aromatic carbocycles. The maximum atomic E-state index is 11.8. The summed E-state index contributed by atoms with van der Waals surface area (Å²) >= 11 is 0. The van der Waals surface area contributed by atoms with E-state index in [0.29, 0.717) is 5.82 Å². The first-order valence-corrected chi connectivity index (χ1v) is 5.44. The molecule has 0 bridgehead atoms. The van der Waals surface area contributed by atoms with Gasteiger partial charge in [-0.05, 0) is 24.1 Å². The standard InChI is InChI=1S/C14H14N2O/c1-11-5-3-4-6-12(11)7-8-13(17)14-15-9-10-16(14)2/h3-10H,1-2H3/b8-7+. The number of allylic oxidation sites excluding steroid dienone is 1. The molecule has 0 aliphatic rings. The largest absolute Gasteiger partial charge is 0.331 e. The highest BCUT2D eigenvalue weighted by Crippen LogP contribution is 2.09. The highest BCUT2D eigenvalue weighted by Gasteiger charge is 2.06. The monoisotopic (exact) mass is 226 g/mol. The lowest BCUT2D eigenvalue weighted by Gasteiger charge is -1.99. The van der Waals surface area contributed by atoms with Crippen molar-refractivity contribution in [2.45, 2.75) is 6.92 Å². The van der Waals surface area contributed by atoms with Crippen LogP contribution in [0.3, 0.4) is 0 Å². The molecule has 1 heterocycles. The summed E-state index contributed by atoms with van der Waals surface area (Å²) in [5.41, 5.74) is 2.20. The molecule has 0 fully saturated rings. The number of aromatic nitrogens is 2. The van der Waals surface area contributed by atoms with Gasteiger partial charge in [-0.3, -0.25) is 4.79 Å². The molecule has 0 amide bonds. The van der Waals surface area contributed by atoms with Crippen LogP contribution >= 0.6 is 0 Å². The number of ketones is 1. The molecule has 0 spiro atoms. The Morgan fingerprint density at radius 2 is 2.12 bits per heavy atom. The van der Waals surface area contributed by atoms with Gasteiger partial charge in [-0.2, -0.15) is 0 Å². The molecule has 0 aliphatic heterocycles. The summed E-state index contributed by atoms with van der Waals surface area (Å²) in [5, 5.41) is 0. The number of hydrogen-bond acceptors (Lipinski definition) is 2. The van der Waals surface area contributed by atoms with Crippen molar-refractivity contribution in [1.82, 2.24) is 9.55 Å². The predicted molar refractivity (Wildman–Crippen MR) is 67.8 cm³/mol. The zero-order chi connectivity index (χ0) is 12.3. The average Bonchev–Trinajstić information content (AvgIpc) is 2.74. The van der Waals surface area contributed by atoms with Crippen molar-refractivity contribution in [2.24, 2.45) is 7.05 Å². The quantitative estimate of drug-likeness (QED) is 0.595. The Morgan fingerprint density at radius 1 is 1.35 bits per heavy atom. The van der Waals surface area contributed by atoms with E-state index in [1.165, 1.54) is 0 Å². The summed E-state index contributed by atoms with van der Waals surface area (Å²) in [6, 6.07) is 7.94. The fourth-order valence-corrected chi connectivity index (χ4v) is 1.62. The molecular formula is C14H14N2O. The van der Waals surface area contributed by atoms with Crippen LogP contribution in [0.5, 0.6) is 0 Å². The lowest BCUT2D eigenvalue weighted by atomic mass is 10.1. The van der Waals surface area contributed by atoms with Crippen LogP contribution in [0, 0.1) is 6.92 Å². The minimum atomic E-state index is -0.0826. The first kappa shape index (κ1) is 11.3. The van der Waals surface area contributed by atoms with Gasteiger partial charge in [0.2, 0.25) is 5.78 Å². The number of carbonyl (C=O) groups is 1. The molecule has 0 N–H and O–H groups in total. The summed E-state index contributed by atoms with van der Waals surface area (Å²) in [7, 11) is 1.81. The molecule has 0 saturated carbocycles. The molecule has 86 valence electrons. The van der Waals surface area contributed by atoms with Crippen LogP contribution in [0.25, 0.3) is 6.08 Å². The average molecular weight is 226 g/mol. The second-order valence-electron chi connectivity index (χ2n) is 3.92. The van der Waals surface area contributed by atoms with Gasteiger partial charge >= 0.3 is 0 Å². The van der Waals surface area contributed by atoms with Crippen molar-refractivity contribution in [1.29, 1.82) is 0 Å². The van der Waals surface area contributed by atoms with E-state index in [1.807, 2.05) is 44.3 Å². The number of hydrogen-bond donors (Lipinski definition) is 0. The smallest absolute Gasteiger partial charge is 0.221 e. The van der Waals surface area contributed by atoms with Crippen LogP contribution in [-0.4, -0.2) is 15.3 Å². The molecule has 2 rings (SSSR count). The second-order valence-corrected chi connectivity index (χ2v) is 3.92. The Morgan fingerprint density at radius 3 is 2.76 bits per heavy atom. The van der Waals surface area contributed by atoms with Gasteiger partial charge in [-0.25, -0.2) is 4.98 Å². The first-order chi connectivity index (χ1) is 8.18. The molecular weight excluding hydrogens is 212 g/mol. The zero-order valence-electron chi connectivity index (χ0n) is 9.92. The van der Waals surface area contributed by atoms with Gasteiger partial charge in [-0.15, -0.1) is 0 Å². The number of benzene rings is 1. The van der Waals surface area contributed by atoms with E-state index in [0.717, 1.165) is 11.1 Å². The van der Waals surface area contributed by atoms with Crippen LogP contribution in [0.1, 0.15) is 21.7 Å². The second kappa shape index (κ2) is 4.78. The van der Waals surface area contributed by atoms with Crippen molar-refractivity contribution in [2.75, 3.05) is 0 Å². The fourth-order valence-electron chi connectivity index (χ4n) is 1.62. The molecule has 0 atom stereocenters. The molecule has 2 aromatic rings. The van der Waals surface area contributed by atoms with E-state index in [1.54, 1.807) is 23.0 Å². The number of carbonyl (C=O) groups excluding carboxylic acids is 1. The third-order valence-electron chi connectivity index (χ3n) is 2.64. The summed E-state index contributed by atoms with van der Waals surface area (Å²) in [6.07, 6.45) is 6.76. The van der Waals surface area contributed by atoms with E-state index in [4.69, 9.17) is 0 Å². The van der Waals surface area contributed by atoms with Gasteiger partial charge in [0.25, 0.3) is 0 Å². The van der Waals surface area contributed by atoms with E-state index < -0.39 is 0 Å². The number of imidazole rings is 1. The Labute approximate surface area is 100 Å². The van der Waals surface area contributed by atoms with Gasteiger partial charge in [0.15, 0.2) is 5.82 Å². The van der Waals surface area contributed by atoms with E-state index in [-0.39, 0.29) is 5.78 Å². The minimum absolute atomic E-state index is 0.0826. The Bertz CT molecular complexity index is 567. The number of aryl methyl sites for hydroxylation is 2. The minimum Gasteiger partial charge on any atom is -0.331 e. The zero-order valence-corrected chi connectivity index (χ0v) is 9.92. The third-order valence-corrected chi connectivity index (χ3v) is 2.64. The lowest BCUT2D eigenvalue weighted by Crippen LogP contribution is -2.03. The van der Waals surface area contributed by atoms with E-state index in [2.05, 4.69) is 4.98 Å². The van der Waals surface area contributed by atoms with E-state index in [9.17, 15) is 4.79 Å². The highest BCUT2D eigenvalue weighted by molar-refractivity contribution is 6.04. The number of rotatable bonds is 3. The van der Waals surface area contributed by atoms with Gasteiger partial charge in [-0.1, -0.05) is 30.3 Å². The Hall–Kier alpha value is -2.16. The van der Waals surface area contributed by atoms with Gasteiger partial charge in [0.05, 0.1) is 0 Å². The predicted octanol–water partition coefficient (Wildman–Crippen LogP) is 2.62. The summed E-state index contributed by atoms with van der Waals surface area (Å²) < 4.78 is 1.71. The van der Waals surface area contributed by atoms with Crippen LogP contribution in [0.15, 0.2) is 42.7 Å². The van der Waals surface area contributed by atoms with Crippen LogP contribution in [0.2, 0.25) is 0 Å². The SMILES string of the molecule is Cc1ccccc1/C=C/C(=O)c1nccn1C. The Balaban J connectivity index is 2.20. The first-order valence-electron chi connectivity index (χ1n) is 5.44. The number of nitrogens with zero attached hydrogens (tertiary/aromatic N) is 2. The van der Waals surface area contributed by atoms with Gasteiger partial charge < -0.3 is 4.57 Å². The van der Waals surface area contributed by atoms with Crippen molar-refractivity contribution in [3.8, 4) is 0 Å². The van der Waals surface area contributed by atoms with Crippen LogP contribution in [-0.2, 0) is 7.05 Å². The van der Waals surface area contributed by atoms with Crippen LogP contribution in [0.4, 0.5) is 0 Å². The molecule has 0 saturated heterocycles. The third kappa shape index (κ3) is 2.50. The van der Waals surface area contributed by atoms with Crippen molar-refractivity contribution in [3.05, 3.63) is 59.7 Å². The fraction of sp³-hybridized carbons (Fsp3) is 0.143. The summed E-state index contributed by atoms with van der Waals surface area (Å²) in [6.45, 7) is 2.02. The molecule has 3 heteroatoms. The molecule has 17 heavy (non-hydrogen) atoms. The topological polar surface area (TPSA) is 34.9 Å². The van der Waals surface area contributed by atoms with Gasteiger partial charge in [0.1, 0.15) is 0 Å². The summed E-state index contributed by atoms with van der Waals surface area (Å²) in [5.74, 6) is 0.371. The maximum absolute atomic E-state index is 11.8. The molecule has 0 aliphatic carbocycles. The maximum Gasteiger partial charge on any atom is 0.221 e. The van der Waals surface area contributed by atoms with Crippen LogP contribution < -0.4 is 0 Å². The molecule has 0 radical (unpaired) electrons. The molecule has 0 unspecified atom stereocenters. The van der Waals surface area contributed by atoms with Gasteiger partial charge in [0, 0.05) is 19.4 Å². The van der Waals surface area contributed by atoms with Crippen molar-refractivity contribution < 1.29 is 4.79 Å². The van der Waals surface area contributed by atoms with Crippen molar-refractivity contribution in [3.63, 3.8) is 0 Å². The highest BCUT2D eigenvalue weighted by atomic mass is 16.1. The Kier molecular flexibility index (Phi) is 3.19. The lowest BCUT2D eigenvalue weighted by molar-refractivity contribution is 0.103. The van der Waals surface area contributed by atoms with Crippen molar-refractivity contribution >= 4 is 11.9 Å².